The van der Waals surface area contributed by atoms with Crippen LogP contribution < -0.4 is 4.90 Å². The number of anilines is 1. The van der Waals surface area contributed by atoms with E-state index in [2.05, 4.69) is 114 Å². The standard InChI is InChI=1S/C29H30I2N2O3S/c1-28(2)21-18-20(37(34,35)36)14-15-23(21)32(5)25(28)12-10-8-7-9-11-13-26-29(3,4)27-22(31)16-19(30)17-24(27)33(26)6/h7-18H,1-6H3/p+1. The number of benzene rings is 2. The van der Waals surface area contributed by atoms with E-state index in [-0.39, 0.29) is 10.3 Å². The normalized spacial score (nSPS) is 19.7. The molecular weight excluding hydrogens is 710 g/mol. The minimum Gasteiger partial charge on any atom is -0.347 e. The van der Waals surface area contributed by atoms with Crippen LogP contribution >= 0.6 is 45.2 Å². The molecule has 0 amide bonds. The number of allylic oxidation sites excluding steroid dienone is 8. The second-order valence-corrected chi connectivity index (χ2v) is 14.2. The molecule has 2 aromatic carbocycles. The number of halogens is 2. The lowest BCUT2D eigenvalue weighted by Gasteiger charge is -2.24. The Hall–Kier alpha value is -1.76. The van der Waals surface area contributed by atoms with E-state index in [1.807, 2.05) is 37.4 Å². The molecule has 0 radical (unpaired) electrons. The Morgan fingerprint density at radius 3 is 2.27 bits per heavy atom. The highest BCUT2D eigenvalue weighted by Crippen LogP contribution is 2.49. The van der Waals surface area contributed by atoms with Gasteiger partial charge in [0.25, 0.3) is 10.1 Å². The van der Waals surface area contributed by atoms with Crippen LogP contribution in [0.2, 0.25) is 0 Å². The molecule has 2 heterocycles. The van der Waals surface area contributed by atoms with Gasteiger partial charge in [0.2, 0.25) is 5.69 Å². The van der Waals surface area contributed by atoms with Gasteiger partial charge in [0, 0.05) is 54.3 Å². The first-order chi connectivity index (χ1) is 17.2. The Morgan fingerprint density at radius 2 is 1.59 bits per heavy atom. The van der Waals surface area contributed by atoms with E-state index < -0.39 is 15.5 Å². The Kier molecular flexibility index (Phi) is 7.70. The summed E-state index contributed by atoms with van der Waals surface area (Å²) in [4.78, 5) is 2.20. The number of rotatable bonds is 5. The first-order valence-electron chi connectivity index (χ1n) is 11.9. The maximum Gasteiger partial charge on any atom is 0.294 e. The van der Waals surface area contributed by atoms with Crippen LogP contribution in [0.3, 0.4) is 0 Å². The van der Waals surface area contributed by atoms with Crippen molar-refractivity contribution in [1.29, 1.82) is 0 Å². The molecule has 0 fully saturated rings. The van der Waals surface area contributed by atoms with Crippen LogP contribution in [-0.2, 0) is 20.9 Å². The van der Waals surface area contributed by atoms with Crippen molar-refractivity contribution >= 4 is 72.4 Å². The fourth-order valence-corrected chi connectivity index (χ4v) is 8.40. The van der Waals surface area contributed by atoms with Crippen molar-refractivity contribution in [2.24, 2.45) is 0 Å². The highest BCUT2D eigenvalue weighted by molar-refractivity contribution is 14.1. The average molecular weight is 741 g/mol. The van der Waals surface area contributed by atoms with Crippen LogP contribution in [0.25, 0.3) is 0 Å². The molecule has 2 aliphatic heterocycles. The summed E-state index contributed by atoms with van der Waals surface area (Å²) in [5, 5.41) is 0. The number of fused-ring (bicyclic) bond motifs is 2. The predicted octanol–water partition coefficient (Wildman–Crippen LogP) is 7.13. The van der Waals surface area contributed by atoms with E-state index in [1.165, 1.54) is 30.2 Å². The van der Waals surface area contributed by atoms with Crippen LogP contribution in [0.15, 0.2) is 83.5 Å². The number of hydrogen-bond donors (Lipinski definition) is 1. The summed E-state index contributed by atoms with van der Waals surface area (Å²) in [6.45, 7) is 8.66. The van der Waals surface area contributed by atoms with Crippen molar-refractivity contribution in [2.75, 3.05) is 19.0 Å². The molecule has 0 saturated heterocycles. The molecule has 4 rings (SSSR count). The number of hydrogen-bond acceptors (Lipinski definition) is 3. The van der Waals surface area contributed by atoms with Gasteiger partial charge in [-0.05, 0) is 89.4 Å². The van der Waals surface area contributed by atoms with Gasteiger partial charge in [-0.25, -0.2) is 0 Å². The summed E-state index contributed by atoms with van der Waals surface area (Å²) >= 11 is 4.82. The maximum atomic E-state index is 11.6. The fraction of sp³-hybridized carbons (Fsp3) is 0.276. The van der Waals surface area contributed by atoms with Gasteiger partial charge in [-0.2, -0.15) is 13.0 Å². The van der Waals surface area contributed by atoms with Gasteiger partial charge >= 0.3 is 0 Å². The molecule has 0 aliphatic carbocycles. The zero-order valence-electron chi connectivity index (χ0n) is 21.8. The molecule has 0 aromatic heterocycles. The molecule has 5 nitrogen and oxygen atoms in total. The highest BCUT2D eigenvalue weighted by atomic mass is 127. The van der Waals surface area contributed by atoms with E-state index in [0.717, 1.165) is 17.0 Å². The lowest BCUT2D eigenvalue weighted by molar-refractivity contribution is -0.401. The third-order valence-electron chi connectivity index (χ3n) is 7.28. The molecular formula is C29H31I2N2O3S+. The van der Waals surface area contributed by atoms with E-state index in [9.17, 15) is 13.0 Å². The quantitative estimate of drug-likeness (QED) is 0.154. The topological polar surface area (TPSA) is 60.6 Å². The lowest BCUT2D eigenvalue weighted by atomic mass is 9.81. The van der Waals surface area contributed by atoms with Crippen LogP contribution in [0.4, 0.5) is 11.4 Å². The third kappa shape index (κ3) is 5.14. The van der Waals surface area contributed by atoms with Crippen molar-refractivity contribution in [3.63, 3.8) is 0 Å². The Bertz CT molecular complexity index is 1540. The Balaban J connectivity index is 1.50. The molecule has 8 heteroatoms. The number of nitrogens with zero attached hydrogens (tertiary/aromatic N) is 2. The third-order valence-corrected chi connectivity index (χ3v) is 9.60. The molecule has 0 saturated carbocycles. The summed E-state index contributed by atoms with van der Waals surface area (Å²) in [5.41, 5.74) is 6.27. The van der Waals surface area contributed by atoms with Gasteiger partial charge in [0.1, 0.15) is 7.05 Å². The molecule has 0 bridgehead atoms. The SMILES string of the molecule is CN1C(=CC=CC=CC=CC2=[N+](C)c3ccc(S(=O)(=O)O)cc3C2(C)C)C(C)(C)c2c(I)cc(I)cc21. The fourth-order valence-electron chi connectivity index (χ4n) is 5.40. The van der Waals surface area contributed by atoms with E-state index in [0.29, 0.717) is 0 Å². The minimum atomic E-state index is -4.25. The van der Waals surface area contributed by atoms with Crippen LogP contribution in [0, 0.1) is 7.14 Å². The lowest BCUT2D eigenvalue weighted by Crippen LogP contribution is -2.26. The van der Waals surface area contributed by atoms with Gasteiger partial charge in [0.15, 0.2) is 5.71 Å². The van der Waals surface area contributed by atoms with Gasteiger partial charge in [-0.15, -0.1) is 0 Å². The molecule has 37 heavy (non-hydrogen) atoms. The number of likely N-dealkylation sites (N-methyl/N-ethyl adjacent to an activating group) is 1. The van der Waals surface area contributed by atoms with Gasteiger partial charge in [0.05, 0.1) is 10.3 Å². The van der Waals surface area contributed by atoms with Gasteiger partial charge < -0.3 is 4.90 Å². The first-order valence-corrected chi connectivity index (χ1v) is 15.5. The summed E-state index contributed by atoms with van der Waals surface area (Å²) in [6, 6.07) is 9.23. The Labute approximate surface area is 247 Å². The van der Waals surface area contributed by atoms with E-state index >= 15 is 0 Å². The molecule has 2 aliphatic rings. The molecule has 0 atom stereocenters. The summed E-state index contributed by atoms with van der Waals surface area (Å²) in [6.07, 6.45) is 14.3. The minimum absolute atomic E-state index is 0.0710. The average Bonchev–Trinajstić information content (AvgIpc) is 3.10. The summed E-state index contributed by atoms with van der Waals surface area (Å²) < 4.78 is 37.3. The van der Waals surface area contributed by atoms with Crippen molar-refractivity contribution in [1.82, 2.24) is 0 Å². The predicted molar refractivity (Wildman–Crippen MR) is 169 cm³/mol. The second-order valence-electron chi connectivity index (χ2n) is 10.4. The van der Waals surface area contributed by atoms with E-state index in [1.54, 1.807) is 12.1 Å². The first kappa shape index (κ1) is 28.3. The van der Waals surface area contributed by atoms with Crippen LogP contribution in [0.5, 0.6) is 0 Å². The molecule has 0 unspecified atom stereocenters. The highest BCUT2D eigenvalue weighted by Gasteiger charge is 2.43. The monoisotopic (exact) mass is 741 g/mol. The van der Waals surface area contributed by atoms with Crippen molar-refractivity contribution in [2.45, 2.75) is 43.4 Å². The van der Waals surface area contributed by atoms with Gasteiger partial charge in [-0.3, -0.25) is 4.55 Å². The molecule has 2 aromatic rings. The zero-order valence-corrected chi connectivity index (χ0v) is 26.9. The van der Waals surface area contributed by atoms with Crippen LogP contribution in [0.1, 0.15) is 38.8 Å². The summed E-state index contributed by atoms with van der Waals surface area (Å²) in [5.74, 6) is 0. The van der Waals surface area contributed by atoms with Crippen molar-refractivity contribution < 1.29 is 17.5 Å². The molecule has 0 spiro atoms. The van der Waals surface area contributed by atoms with Gasteiger partial charge in [-0.1, -0.05) is 44.2 Å². The maximum absolute atomic E-state index is 11.6. The van der Waals surface area contributed by atoms with Crippen molar-refractivity contribution in [3.8, 4) is 0 Å². The molecule has 1 N–H and O–H groups in total. The van der Waals surface area contributed by atoms with E-state index in [4.69, 9.17) is 0 Å². The molecule has 194 valence electrons. The largest absolute Gasteiger partial charge is 0.347 e. The van der Waals surface area contributed by atoms with Crippen molar-refractivity contribution in [3.05, 3.63) is 96.8 Å². The zero-order chi connectivity index (χ0) is 27.3. The second kappa shape index (κ2) is 10.1. The smallest absolute Gasteiger partial charge is 0.294 e. The summed E-state index contributed by atoms with van der Waals surface area (Å²) in [7, 11) is -0.150. The Morgan fingerprint density at radius 1 is 0.946 bits per heavy atom. The van der Waals surface area contributed by atoms with Crippen LogP contribution in [-0.4, -0.2) is 37.4 Å².